The minimum atomic E-state index is -0.641. The molecule has 0 aliphatic heterocycles. The molecule has 0 radical (unpaired) electrons. The Morgan fingerprint density at radius 3 is 2.60 bits per heavy atom. The van der Waals surface area contributed by atoms with E-state index in [1.807, 2.05) is 6.07 Å². The van der Waals surface area contributed by atoms with Crippen molar-refractivity contribution in [2.24, 2.45) is 0 Å². The van der Waals surface area contributed by atoms with Gasteiger partial charge in [-0.3, -0.25) is 9.78 Å². The van der Waals surface area contributed by atoms with Crippen molar-refractivity contribution in [3.8, 4) is 11.1 Å². The molecule has 7 nitrogen and oxygen atoms in total. The lowest BCUT2D eigenvalue weighted by atomic mass is 10.0. The summed E-state index contributed by atoms with van der Waals surface area (Å²) in [5.41, 5.74) is 1.93. The number of rotatable bonds is 4. The van der Waals surface area contributed by atoms with Crippen LogP contribution in [0.3, 0.4) is 0 Å². The number of carbonyl (C=O) groups excluding carboxylic acids is 2. The summed E-state index contributed by atoms with van der Waals surface area (Å²) < 4.78 is 11.2. The van der Waals surface area contributed by atoms with E-state index in [1.165, 1.54) is 7.11 Å². The Bertz CT molecular complexity index is 1120. The third-order valence-corrected chi connectivity index (χ3v) is 5.01. The Labute approximate surface area is 183 Å². The van der Waals surface area contributed by atoms with Crippen LogP contribution in [-0.2, 0) is 20.7 Å². The minimum absolute atomic E-state index is 0.170. The molecule has 0 spiro atoms. The van der Waals surface area contributed by atoms with Gasteiger partial charge in [-0.25, -0.2) is 4.79 Å². The summed E-state index contributed by atoms with van der Waals surface area (Å²) in [5, 5.41) is 5.56. The molecule has 0 aliphatic carbocycles. The number of carbonyl (C=O) groups is 2. The molecule has 0 unspecified atom stereocenters. The zero-order valence-corrected chi connectivity index (χ0v) is 18.5. The molecule has 0 saturated carbocycles. The molecule has 9 heteroatoms. The molecule has 3 rings (SSSR count). The summed E-state index contributed by atoms with van der Waals surface area (Å²) in [6.45, 7) is 5.35. The van der Waals surface area contributed by atoms with Crippen LogP contribution in [0.25, 0.3) is 22.0 Å². The van der Waals surface area contributed by atoms with Crippen molar-refractivity contribution in [1.82, 2.24) is 14.8 Å². The van der Waals surface area contributed by atoms with Crippen molar-refractivity contribution in [3.63, 3.8) is 0 Å². The van der Waals surface area contributed by atoms with E-state index in [-0.39, 0.29) is 12.4 Å². The summed E-state index contributed by atoms with van der Waals surface area (Å²) in [6.07, 6.45) is 3.09. The number of hydrogen-bond donors (Lipinski definition) is 0. The molecule has 0 fully saturated rings. The molecule has 0 N–H and O–H groups in total. The first-order valence-corrected chi connectivity index (χ1v) is 9.97. The Balaban J connectivity index is 2.07. The minimum Gasteiger partial charge on any atom is -0.469 e. The molecular weight excluding hydrogens is 429 g/mol. The molecule has 3 aromatic rings. The Hall–Kier alpha value is -2.64. The highest BCUT2D eigenvalue weighted by Gasteiger charge is 2.20. The van der Waals surface area contributed by atoms with Gasteiger partial charge in [-0.15, -0.1) is 0 Å². The van der Waals surface area contributed by atoms with Crippen molar-refractivity contribution in [3.05, 3.63) is 46.3 Å². The zero-order valence-electron chi connectivity index (χ0n) is 17.0. The first kappa shape index (κ1) is 22.1. The molecule has 30 heavy (non-hydrogen) atoms. The maximum atomic E-state index is 12.3. The molecule has 0 amide bonds. The van der Waals surface area contributed by atoms with Gasteiger partial charge in [0.1, 0.15) is 5.60 Å². The average Bonchev–Trinajstić information content (AvgIpc) is 3.17. The molecular formula is C21H21Cl2N3O4. The van der Waals surface area contributed by atoms with Crippen LogP contribution in [-0.4, -0.2) is 39.5 Å². The number of benzene rings is 1. The second-order valence-corrected chi connectivity index (χ2v) is 8.43. The van der Waals surface area contributed by atoms with Crippen molar-refractivity contribution < 1.29 is 19.1 Å². The Morgan fingerprint density at radius 2 is 1.93 bits per heavy atom. The van der Waals surface area contributed by atoms with E-state index in [9.17, 15) is 9.59 Å². The molecule has 2 heterocycles. The number of halogens is 2. The van der Waals surface area contributed by atoms with E-state index in [1.54, 1.807) is 45.3 Å². The van der Waals surface area contributed by atoms with Gasteiger partial charge in [-0.05, 0) is 38.5 Å². The number of hydrogen-bond acceptors (Lipinski definition) is 6. The molecule has 2 aromatic heterocycles. The molecule has 0 aliphatic rings. The number of fused-ring (bicyclic) bond motifs is 1. The van der Waals surface area contributed by atoms with E-state index >= 15 is 0 Å². The highest BCUT2D eigenvalue weighted by Crippen LogP contribution is 2.36. The molecule has 158 valence electrons. The summed E-state index contributed by atoms with van der Waals surface area (Å²) in [7, 11) is 1.34. The number of nitrogens with zero attached hydrogens (tertiary/aromatic N) is 3. The number of ether oxygens (including phenoxy) is 2. The number of aryl methyl sites for hydroxylation is 1. The molecule has 0 atom stereocenters. The lowest BCUT2D eigenvalue weighted by Gasteiger charge is -2.18. The lowest BCUT2D eigenvalue weighted by molar-refractivity contribution is -0.140. The van der Waals surface area contributed by atoms with Crippen LogP contribution in [0, 0.1) is 0 Å². The van der Waals surface area contributed by atoms with Crippen LogP contribution in [0.15, 0.2) is 30.6 Å². The summed E-state index contributed by atoms with van der Waals surface area (Å²) in [4.78, 5) is 28.5. The fourth-order valence-electron chi connectivity index (χ4n) is 2.86. The van der Waals surface area contributed by atoms with Crippen LogP contribution in [0.4, 0.5) is 4.79 Å². The van der Waals surface area contributed by atoms with Gasteiger partial charge in [0.15, 0.2) is 0 Å². The quantitative estimate of drug-likeness (QED) is 0.502. The topological polar surface area (TPSA) is 83.3 Å². The average molecular weight is 450 g/mol. The van der Waals surface area contributed by atoms with Crippen molar-refractivity contribution >= 4 is 46.2 Å². The smallest absolute Gasteiger partial charge is 0.435 e. The van der Waals surface area contributed by atoms with Gasteiger partial charge in [0.05, 0.1) is 35.3 Å². The van der Waals surface area contributed by atoms with E-state index in [4.69, 9.17) is 32.7 Å². The fourth-order valence-corrected chi connectivity index (χ4v) is 3.22. The van der Waals surface area contributed by atoms with Gasteiger partial charge >= 0.3 is 12.1 Å². The second kappa shape index (κ2) is 8.62. The van der Waals surface area contributed by atoms with Crippen LogP contribution in [0.1, 0.15) is 32.9 Å². The monoisotopic (exact) mass is 449 g/mol. The Kier molecular flexibility index (Phi) is 6.33. The van der Waals surface area contributed by atoms with E-state index in [0.29, 0.717) is 33.2 Å². The van der Waals surface area contributed by atoms with Crippen LogP contribution >= 0.6 is 23.2 Å². The number of pyridine rings is 1. The Morgan fingerprint density at radius 1 is 1.20 bits per heavy atom. The molecule has 0 bridgehead atoms. The zero-order chi connectivity index (χ0) is 22.1. The number of esters is 1. The van der Waals surface area contributed by atoms with Gasteiger partial charge in [-0.1, -0.05) is 29.3 Å². The number of methoxy groups -OCH3 is 1. The highest BCUT2D eigenvalue weighted by atomic mass is 35.5. The van der Waals surface area contributed by atoms with Gasteiger partial charge in [0, 0.05) is 29.3 Å². The molecule has 0 saturated heterocycles. The van der Waals surface area contributed by atoms with Crippen molar-refractivity contribution in [1.29, 1.82) is 0 Å². The maximum Gasteiger partial charge on any atom is 0.435 e. The first-order chi connectivity index (χ1) is 14.1. The van der Waals surface area contributed by atoms with Crippen molar-refractivity contribution in [2.75, 3.05) is 7.11 Å². The third kappa shape index (κ3) is 4.91. The summed E-state index contributed by atoms with van der Waals surface area (Å²) in [6, 6.07) is 5.33. The van der Waals surface area contributed by atoms with Gasteiger partial charge in [0.2, 0.25) is 0 Å². The van der Waals surface area contributed by atoms with Gasteiger partial charge in [-0.2, -0.15) is 9.78 Å². The van der Waals surface area contributed by atoms with Gasteiger partial charge < -0.3 is 9.47 Å². The number of aromatic nitrogens is 3. The largest absolute Gasteiger partial charge is 0.469 e. The SMILES string of the molecule is COC(=O)CCc1cc(-c2cnn(C(=O)OC(C)(C)C)c2)c2ccc(Cl)c(Cl)c2n1. The van der Waals surface area contributed by atoms with Crippen molar-refractivity contribution in [2.45, 2.75) is 39.2 Å². The third-order valence-electron chi connectivity index (χ3n) is 4.21. The fraction of sp³-hybridized carbons (Fsp3) is 0.333. The van der Waals surface area contributed by atoms with Gasteiger partial charge in [0.25, 0.3) is 0 Å². The van der Waals surface area contributed by atoms with Crippen LogP contribution < -0.4 is 0 Å². The van der Waals surface area contributed by atoms with E-state index in [0.717, 1.165) is 15.6 Å². The van der Waals surface area contributed by atoms with E-state index in [2.05, 4.69) is 10.1 Å². The summed E-state index contributed by atoms with van der Waals surface area (Å²) >= 11 is 12.6. The van der Waals surface area contributed by atoms with Crippen LogP contribution in [0.2, 0.25) is 10.0 Å². The molecule has 1 aromatic carbocycles. The van der Waals surface area contributed by atoms with E-state index < -0.39 is 11.7 Å². The highest BCUT2D eigenvalue weighted by molar-refractivity contribution is 6.45. The maximum absolute atomic E-state index is 12.3. The predicted molar refractivity (Wildman–Crippen MR) is 115 cm³/mol. The lowest BCUT2D eigenvalue weighted by Crippen LogP contribution is -2.27. The normalized spacial score (nSPS) is 11.5. The predicted octanol–water partition coefficient (Wildman–Crippen LogP) is 5.29. The summed E-state index contributed by atoms with van der Waals surface area (Å²) in [5.74, 6) is -0.339. The standard InChI is InChI=1S/C21H21Cl2N3O4/c1-21(2,3)30-20(28)26-11-12(10-24-26)15-9-13(5-8-17(27)29-4)25-19-14(15)6-7-16(22)18(19)23/h6-7,9-11H,5,8H2,1-4H3. The van der Waals surface area contributed by atoms with Crippen LogP contribution in [0.5, 0.6) is 0 Å². The first-order valence-electron chi connectivity index (χ1n) is 9.22. The second-order valence-electron chi connectivity index (χ2n) is 7.65.